The Hall–Kier alpha value is -2.98. The van der Waals surface area contributed by atoms with E-state index in [1.54, 1.807) is 24.3 Å². The Morgan fingerprint density at radius 1 is 1.13 bits per heavy atom. The fraction of sp³-hybridized carbons (Fsp3) is 0.286. The van der Waals surface area contributed by atoms with E-state index in [1.165, 1.54) is 36.6 Å². The number of benzene rings is 2. The lowest BCUT2D eigenvalue weighted by Gasteiger charge is -2.13. The van der Waals surface area contributed by atoms with Crippen molar-refractivity contribution >= 4 is 38.1 Å². The summed E-state index contributed by atoms with van der Waals surface area (Å²) in [6.45, 7) is 4.00. The highest BCUT2D eigenvalue weighted by Crippen LogP contribution is 2.28. The van der Waals surface area contributed by atoms with Crippen LogP contribution in [-0.2, 0) is 16.4 Å². The molecular weight excluding hydrogens is 436 g/mol. The molecule has 0 spiro atoms. The van der Waals surface area contributed by atoms with Crippen LogP contribution in [0.1, 0.15) is 40.7 Å². The summed E-state index contributed by atoms with van der Waals surface area (Å²) in [5.41, 5.74) is 1.58. The number of aromatic nitrogens is 2. The molecule has 0 atom stereocenters. The van der Waals surface area contributed by atoms with Crippen LogP contribution in [0.5, 0.6) is 5.75 Å². The summed E-state index contributed by atoms with van der Waals surface area (Å²) in [7, 11) is -2.61. The number of carbonyl (C=O) groups is 1. The molecule has 1 amide bonds. The number of anilines is 2. The van der Waals surface area contributed by atoms with Crippen LogP contribution in [0.2, 0.25) is 0 Å². The molecule has 0 fully saturated rings. The SMILES string of the molecule is CCCCc1nnc(NC(=O)c2ccc(OC)c(S(=O)(=O)Nc3ccc(C)cc3)c2)s1. The molecule has 0 bridgehead atoms. The van der Waals surface area contributed by atoms with Crippen molar-refractivity contribution in [2.45, 2.75) is 38.0 Å². The molecular formula is C21H24N4O4S2. The highest BCUT2D eigenvalue weighted by Gasteiger charge is 2.22. The lowest BCUT2D eigenvalue weighted by atomic mass is 10.2. The van der Waals surface area contributed by atoms with Crippen molar-refractivity contribution in [3.05, 3.63) is 58.6 Å². The van der Waals surface area contributed by atoms with Gasteiger partial charge in [0.05, 0.1) is 7.11 Å². The Bertz CT molecular complexity index is 1160. The van der Waals surface area contributed by atoms with Crippen molar-refractivity contribution in [2.24, 2.45) is 0 Å². The molecule has 10 heteroatoms. The monoisotopic (exact) mass is 460 g/mol. The zero-order chi connectivity index (χ0) is 22.4. The number of carbonyl (C=O) groups excluding carboxylic acids is 1. The Labute approximate surface area is 185 Å². The van der Waals surface area contributed by atoms with Gasteiger partial charge in [-0.25, -0.2) is 8.42 Å². The third-order valence-electron chi connectivity index (χ3n) is 4.45. The first-order valence-corrected chi connectivity index (χ1v) is 12.0. The third-order valence-corrected chi connectivity index (χ3v) is 6.75. The molecule has 0 radical (unpaired) electrons. The maximum absolute atomic E-state index is 13.0. The average Bonchev–Trinajstić information content (AvgIpc) is 3.20. The van der Waals surface area contributed by atoms with Crippen LogP contribution in [0, 0.1) is 6.92 Å². The molecule has 8 nitrogen and oxygen atoms in total. The van der Waals surface area contributed by atoms with Gasteiger partial charge in [-0.2, -0.15) is 0 Å². The van der Waals surface area contributed by atoms with E-state index >= 15 is 0 Å². The van der Waals surface area contributed by atoms with Crippen LogP contribution in [0.3, 0.4) is 0 Å². The second-order valence-electron chi connectivity index (χ2n) is 6.90. The predicted molar refractivity (Wildman–Crippen MR) is 121 cm³/mol. The molecule has 1 heterocycles. The number of hydrogen-bond acceptors (Lipinski definition) is 7. The average molecular weight is 461 g/mol. The topological polar surface area (TPSA) is 110 Å². The summed E-state index contributed by atoms with van der Waals surface area (Å²) >= 11 is 1.31. The summed E-state index contributed by atoms with van der Waals surface area (Å²) in [6, 6.07) is 11.2. The molecule has 0 saturated carbocycles. The number of amides is 1. The minimum absolute atomic E-state index is 0.133. The van der Waals surface area contributed by atoms with Gasteiger partial charge in [0.2, 0.25) is 5.13 Å². The highest BCUT2D eigenvalue weighted by atomic mass is 32.2. The molecule has 0 unspecified atom stereocenters. The summed E-state index contributed by atoms with van der Waals surface area (Å²) in [5, 5.41) is 11.9. The Morgan fingerprint density at radius 2 is 1.87 bits per heavy atom. The van der Waals surface area contributed by atoms with Gasteiger partial charge < -0.3 is 4.74 Å². The van der Waals surface area contributed by atoms with Crippen LogP contribution in [0.15, 0.2) is 47.4 Å². The number of aryl methyl sites for hydroxylation is 2. The molecule has 2 N–H and O–H groups in total. The summed E-state index contributed by atoms with van der Waals surface area (Å²) in [5.74, 6) is -0.346. The van der Waals surface area contributed by atoms with Crippen molar-refractivity contribution in [1.82, 2.24) is 10.2 Å². The maximum atomic E-state index is 13.0. The molecule has 0 aliphatic rings. The smallest absolute Gasteiger partial charge is 0.265 e. The van der Waals surface area contributed by atoms with Crippen molar-refractivity contribution in [2.75, 3.05) is 17.1 Å². The van der Waals surface area contributed by atoms with E-state index in [1.807, 2.05) is 6.92 Å². The van der Waals surface area contributed by atoms with Gasteiger partial charge in [0.1, 0.15) is 15.7 Å². The lowest BCUT2D eigenvalue weighted by molar-refractivity contribution is 0.102. The number of hydrogen-bond donors (Lipinski definition) is 2. The minimum atomic E-state index is -3.98. The number of ether oxygens (including phenoxy) is 1. The van der Waals surface area contributed by atoms with Gasteiger partial charge in [-0.1, -0.05) is 42.4 Å². The molecule has 3 aromatic rings. The largest absolute Gasteiger partial charge is 0.495 e. The van der Waals surface area contributed by atoms with E-state index in [4.69, 9.17) is 4.74 Å². The predicted octanol–water partition coefficient (Wildman–Crippen LogP) is 4.25. The van der Waals surface area contributed by atoms with Gasteiger partial charge in [-0.3, -0.25) is 14.8 Å². The fourth-order valence-electron chi connectivity index (χ4n) is 2.76. The number of nitrogens with zero attached hydrogens (tertiary/aromatic N) is 2. The van der Waals surface area contributed by atoms with Gasteiger partial charge in [-0.15, -0.1) is 10.2 Å². The third kappa shape index (κ3) is 5.80. The van der Waals surface area contributed by atoms with Gasteiger partial charge in [-0.05, 0) is 43.7 Å². The number of sulfonamides is 1. The first-order valence-electron chi connectivity index (χ1n) is 9.73. The second-order valence-corrected chi connectivity index (χ2v) is 9.61. The van der Waals surface area contributed by atoms with Crippen LogP contribution in [0.25, 0.3) is 0 Å². The fourth-order valence-corrected chi connectivity index (χ4v) is 4.79. The molecule has 1 aromatic heterocycles. The molecule has 3 rings (SSSR count). The highest BCUT2D eigenvalue weighted by molar-refractivity contribution is 7.92. The normalized spacial score (nSPS) is 11.2. The molecule has 31 heavy (non-hydrogen) atoms. The van der Waals surface area contributed by atoms with Crippen LogP contribution in [0.4, 0.5) is 10.8 Å². The standard InChI is InChI=1S/C21H24N4O4S2/c1-4-5-6-19-23-24-21(30-19)22-20(26)15-9-12-17(29-3)18(13-15)31(27,28)25-16-10-7-14(2)8-11-16/h7-13,25H,4-6H2,1-3H3,(H,22,24,26). The van der Waals surface area contributed by atoms with E-state index in [0.29, 0.717) is 10.8 Å². The van der Waals surface area contributed by atoms with E-state index in [-0.39, 0.29) is 16.2 Å². The van der Waals surface area contributed by atoms with Crippen LogP contribution >= 0.6 is 11.3 Å². The number of unbranched alkanes of at least 4 members (excludes halogenated alkanes) is 1. The Kier molecular flexibility index (Phi) is 7.24. The van der Waals surface area contributed by atoms with Crippen LogP contribution in [-0.4, -0.2) is 31.6 Å². The summed E-state index contributed by atoms with van der Waals surface area (Å²) < 4.78 is 33.6. The van der Waals surface area contributed by atoms with Crippen LogP contribution < -0.4 is 14.8 Å². The Morgan fingerprint density at radius 3 is 2.55 bits per heavy atom. The van der Waals surface area contributed by atoms with Crippen molar-refractivity contribution in [1.29, 1.82) is 0 Å². The minimum Gasteiger partial charge on any atom is -0.495 e. The van der Waals surface area contributed by atoms with Crippen molar-refractivity contribution in [3.8, 4) is 5.75 Å². The number of nitrogens with one attached hydrogen (secondary N) is 2. The number of rotatable bonds is 9. The summed E-state index contributed by atoms with van der Waals surface area (Å²) in [4.78, 5) is 12.5. The lowest BCUT2D eigenvalue weighted by Crippen LogP contribution is -2.17. The van der Waals surface area contributed by atoms with Crippen molar-refractivity contribution < 1.29 is 17.9 Å². The number of methoxy groups -OCH3 is 1. The molecule has 0 aliphatic carbocycles. The molecule has 0 saturated heterocycles. The zero-order valence-corrected chi connectivity index (χ0v) is 19.1. The van der Waals surface area contributed by atoms with Gasteiger partial charge in [0.25, 0.3) is 15.9 Å². The second kappa shape index (κ2) is 9.88. The van der Waals surface area contributed by atoms with Crippen molar-refractivity contribution in [3.63, 3.8) is 0 Å². The van der Waals surface area contributed by atoms with E-state index in [2.05, 4.69) is 27.2 Å². The maximum Gasteiger partial charge on any atom is 0.265 e. The molecule has 2 aromatic carbocycles. The van der Waals surface area contributed by atoms with Gasteiger partial charge in [0.15, 0.2) is 0 Å². The van der Waals surface area contributed by atoms with Gasteiger partial charge >= 0.3 is 0 Å². The molecule has 164 valence electrons. The van der Waals surface area contributed by atoms with Gasteiger partial charge in [0, 0.05) is 17.7 Å². The first-order chi connectivity index (χ1) is 14.8. The Balaban J connectivity index is 1.83. The quantitative estimate of drug-likeness (QED) is 0.494. The van der Waals surface area contributed by atoms with E-state index in [9.17, 15) is 13.2 Å². The first kappa shape index (κ1) is 22.7. The van der Waals surface area contributed by atoms with E-state index in [0.717, 1.165) is 29.8 Å². The zero-order valence-electron chi connectivity index (χ0n) is 17.5. The van der Waals surface area contributed by atoms with E-state index < -0.39 is 15.9 Å². The molecule has 0 aliphatic heterocycles. The summed E-state index contributed by atoms with van der Waals surface area (Å²) in [6.07, 6.45) is 2.84.